The highest BCUT2D eigenvalue weighted by Crippen LogP contribution is 2.28. The monoisotopic (exact) mass is 275 g/mol. The van der Waals surface area contributed by atoms with Gasteiger partial charge in [-0.2, -0.15) is 0 Å². The van der Waals surface area contributed by atoms with Crippen molar-refractivity contribution in [3.05, 3.63) is 46.2 Å². The molecule has 0 saturated carbocycles. The first-order valence-electron chi connectivity index (χ1n) is 6.74. The average Bonchev–Trinajstić information content (AvgIpc) is 2.83. The van der Waals surface area contributed by atoms with Gasteiger partial charge in [0.1, 0.15) is 5.75 Å². The first kappa shape index (κ1) is 13.9. The molecule has 1 unspecified atom stereocenters. The van der Waals surface area contributed by atoms with Gasteiger partial charge in [0.15, 0.2) is 0 Å². The highest BCUT2D eigenvalue weighted by atomic mass is 32.1. The van der Waals surface area contributed by atoms with Crippen LogP contribution in [0.1, 0.15) is 36.8 Å². The zero-order valence-corrected chi connectivity index (χ0v) is 12.6. The molecule has 102 valence electrons. The van der Waals surface area contributed by atoms with Crippen LogP contribution >= 0.6 is 11.3 Å². The minimum atomic E-state index is 0.321. The topological polar surface area (TPSA) is 21.3 Å². The molecule has 0 fully saturated rings. The number of thiophene rings is 1. The van der Waals surface area contributed by atoms with E-state index in [1.165, 1.54) is 10.4 Å². The summed E-state index contributed by atoms with van der Waals surface area (Å²) in [6, 6.07) is 10.7. The van der Waals surface area contributed by atoms with Crippen LogP contribution in [0.15, 0.2) is 35.7 Å². The van der Waals surface area contributed by atoms with Crippen LogP contribution in [0.2, 0.25) is 0 Å². The molecule has 2 aromatic rings. The van der Waals surface area contributed by atoms with Gasteiger partial charge in [-0.25, -0.2) is 0 Å². The number of anilines is 1. The van der Waals surface area contributed by atoms with Crippen molar-refractivity contribution in [1.82, 2.24) is 0 Å². The van der Waals surface area contributed by atoms with Gasteiger partial charge < -0.3 is 10.1 Å². The molecule has 3 heteroatoms. The number of hydrogen-bond acceptors (Lipinski definition) is 3. The van der Waals surface area contributed by atoms with Gasteiger partial charge in [0, 0.05) is 16.6 Å². The van der Waals surface area contributed by atoms with Crippen LogP contribution in [0.5, 0.6) is 5.75 Å². The smallest absolute Gasteiger partial charge is 0.121 e. The maximum Gasteiger partial charge on any atom is 0.121 e. The van der Waals surface area contributed by atoms with Gasteiger partial charge in [0.05, 0.1) is 12.6 Å². The number of nitrogens with one attached hydrogen (secondary N) is 1. The third kappa shape index (κ3) is 3.74. The lowest BCUT2D eigenvalue weighted by Gasteiger charge is -2.16. The van der Waals surface area contributed by atoms with Crippen LogP contribution in [0, 0.1) is 6.92 Å². The fourth-order valence-corrected chi connectivity index (χ4v) is 2.97. The normalized spacial score (nSPS) is 12.2. The predicted octanol–water partition coefficient (Wildman–Crippen LogP) is 5.02. The molecular weight excluding hydrogens is 254 g/mol. The van der Waals surface area contributed by atoms with E-state index in [1.54, 1.807) is 11.3 Å². The second kappa shape index (κ2) is 6.62. The van der Waals surface area contributed by atoms with Crippen molar-refractivity contribution in [3.63, 3.8) is 0 Å². The van der Waals surface area contributed by atoms with Crippen molar-refractivity contribution in [1.29, 1.82) is 0 Å². The van der Waals surface area contributed by atoms with Gasteiger partial charge in [-0.15, -0.1) is 11.3 Å². The van der Waals surface area contributed by atoms with Crippen LogP contribution in [-0.4, -0.2) is 6.61 Å². The van der Waals surface area contributed by atoms with E-state index in [1.807, 2.05) is 12.1 Å². The summed E-state index contributed by atoms with van der Waals surface area (Å²) in [5.74, 6) is 0.932. The molecule has 0 bridgehead atoms. The van der Waals surface area contributed by atoms with Gasteiger partial charge in [0.2, 0.25) is 0 Å². The minimum Gasteiger partial charge on any atom is -0.494 e. The first-order valence-corrected chi connectivity index (χ1v) is 7.62. The fraction of sp³-hybridized carbons (Fsp3) is 0.375. The van der Waals surface area contributed by atoms with Crippen LogP contribution in [0.4, 0.5) is 5.69 Å². The van der Waals surface area contributed by atoms with Crippen LogP contribution in [0.3, 0.4) is 0 Å². The average molecular weight is 275 g/mol. The van der Waals surface area contributed by atoms with Crippen molar-refractivity contribution >= 4 is 17.0 Å². The van der Waals surface area contributed by atoms with Gasteiger partial charge in [-0.1, -0.05) is 13.0 Å². The van der Waals surface area contributed by atoms with E-state index in [-0.39, 0.29) is 0 Å². The highest BCUT2D eigenvalue weighted by molar-refractivity contribution is 7.10. The van der Waals surface area contributed by atoms with Crippen LogP contribution in [0.25, 0.3) is 0 Å². The molecular formula is C16H21NOS. The molecule has 19 heavy (non-hydrogen) atoms. The molecule has 0 spiro atoms. The molecule has 0 aliphatic heterocycles. The number of hydrogen-bond donors (Lipinski definition) is 1. The molecule has 1 atom stereocenters. The lowest BCUT2D eigenvalue weighted by Crippen LogP contribution is -2.06. The van der Waals surface area contributed by atoms with Gasteiger partial charge >= 0.3 is 0 Å². The SMILES string of the molecule is CCCOc1cccc(NC(C)c2sccc2C)c1. The standard InChI is InChI=1S/C16H21NOS/c1-4-9-18-15-7-5-6-14(11-15)17-13(3)16-12(2)8-10-19-16/h5-8,10-11,13,17H,4,9H2,1-3H3. The van der Waals surface area contributed by atoms with Crippen molar-refractivity contribution in [2.75, 3.05) is 11.9 Å². The zero-order valence-electron chi connectivity index (χ0n) is 11.8. The first-order chi connectivity index (χ1) is 9.20. The van der Waals surface area contributed by atoms with Crippen molar-refractivity contribution < 1.29 is 4.74 Å². The Kier molecular flexibility index (Phi) is 4.86. The minimum absolute atomic E-state index is 0.321. The van der Waals surface area contributed by atoms with Crippen molar-refractivity contribution in [3.8, 4) is 5.75 Å². The maximum atomic E-state index is 5.65. The molecule has 0 saturated heterocycles. The van der Waals surface area contributed by atoms with Gasteiger partial charge in [-0.3, -0.25) is 0 Å². The molecule has 2 nitrogen and oxygen atoms in total. The van der Waals surface area contributed by atoms with Gasteiger partial charge in [0.25, 0.3) is 0 Å². The highest BCUT2D eigenvalue weighted by Gasteiger charge is 2.09. The van der Waals surface area contributed by atoms with E-state index in [9.17, 15) is 0 Å². The summed E-state index contributed by atoms with van der Waals surface area (Å²) in [7, 11) is 0. The van der Waals surface area contributed by atoms with Gasteiger partial charge in [-0.05, 0) is 49.4 Å². The molecule has 1 heterocycles. The predicted molar refractivity (Wildman–Crippen MR) is 83.3 cm³/mol. The third-order valence-corrected chi connectivity index (χ3v) is 4.19. The quantitative estimate of drug-likeness (QED) is 0.799. The number of rotatable bonds is 6. The molecule has 2 rings (SSSR count). The molecule has 0 aliphatic rings. The number of ether oxygens (including phenoxy) is 1. The molecule has 0 amide bonds. The van der Waals surface area contributed by atoms with Crippen LogP contribution in [-0.2, 0) is 0 Å². The molecule has 1 aromatic carbocycles. The van der Waals surface area contributed by atoms with E-state index in [4.69, 9.17) is 4.74 Å². The molecule has 0 aliphatic carbocycles. The summed E-state index contributed by atoms with van der Waals surface area (Å²) in [4.78, 5) is 1.39. The Morgan fingerprint density at radius 1 is 1.32 bits per heavy atom. The summed E-state index contributed by atoms with van der Waals surface area (Å²) in [5, 5.41) is 5.67. The zero-order chi connectivity index (χ0) is 13.7. The molecule has 1 aromatic heterocycles. The Morgan fingerprint density at radius 2 is 2.16 bits per heavy atom. The Balaban J connectivity index is 2.04. The van der Waals surface area contributed by atoms with Crippen LogP contribution < -0.4 is 10.1 Å². The Bertz CT molecular complexity index is 521. The van der Waals surface area contributed by atoms with Crippen molar-refractivity contribution in [2.45, 2.75) is 33.2 Å². The maximum absolute atomic E-state index is 5.65. The van der Waals surface area contributed by atoms with E-state index in [2.05, 4.69) is 49.7 Å². The van der Waals surface area contributed by atoms with Crippen molar-refractivity contribution in [2.24, 2.45) is 0 Å². The Morgan fingerprint density at radius 3 is 2.84 bits per heavy atom. The third-order valence-electron chi connectivity index (χ3n) is 2.99. The number of aryl methyl sites for hydroxylation is 1. The Labute approximate surface area is 119 Å². The fourth-order valence-electron chi connectivity index (χ4n) is 2.04. The summed E-state index contributed by atoms with van der Waals surface area (Å²) < 4.78 is 5.65. The Hall–Kier alpha value is -1.48. The largest absolute Gasteiger partial charge is 0.494 e. The molecule has 0 radical (unpaired) electrons. The second-order valence-electron chi connectivity index (χ2n) is 4.71. The lowest BCUT2D eigenvalue weighted by atomic mass is 10.2. The van der Waals surface area contributed by atoms with E-state index in [0.29, 0.717) is 6.04 Å². The summed E-state index contributed by atoms with van der Waals surface area (Å²) in [6.45, 7) is 7.23. The summed E-state index contributed by atoms with van der Waals surface area (Å²) >= 11 is 1.80. The van der Waals surface area contributed by atoms with E-state index >= 15 is 0 Å². The molecule has 1 N–H and O–H groups in total. The summed E-state index contributed by atoms with van der Waals surface area (Å²) in [5.41, 5.74) is 2.46. The second-order valence-corrected chi connectivity index (χ2v) is 5.66. The number of benzene rings is 1. The van der Waals surface area contributed by atoms with E-state index < -0.39 is 0 Å². The lowest BCUT2D eigenvalue weighted by molar-refractivity contribution is 0.317. The summed E-state index contributed by atoms with van der Waals surface area (Å²) in [6.07, 6.45) is 1.03. The van der Waals surface area contributed by atoms with E-state index in [0.717, 1.165) is 24.5 Å².